The first-order valence-electron chi connectivity index (χ1n) is 4.54. The Kier molecular flexibility index (Phi) is 2.71. The lowest BCUT2D eigenvalue weighted by molar-refractivity contribution is -0.152. The van der Waals surface area contributed by atoms with Gasteiger partial charge in [-0.25, -0.2) is 4.98 Å². The largest absolute Gasteiger partial charge is 0.452 e. The number of benzene rings is 1. The highest BCUT2D eigenvalue weighted by Crippen LogP contribution is 2.34. The Bertz CT molecular complexity index is 531. The van der Waals surface area contributed by atoms with Gasteiger partial charge in [-0.2, -0.15) is 13.2 Å². The summed E-state index contributed by atoms with van der Waals surface area (Å²) in [5.74, 6) is -1.68. The molecule has 0 unspecified atom stereocenters. The fraction of sp³-hybridized carbons (Fsp3) is 0.0909. The van der Waals surface area contributed by atoms with Crippen molar-refractivity contribution in [2.45, 2.75) is 6.18 Å². The van der Waals surface area contributed by atoms with Crippen LogP contribution in [0.4, 0.5) is 13.2 Å². The lowest BCUT2D eigenvalue weighted by Gasteiger charge is -2.00. The predicted octanol–water partition coefficient (Wildman–Crippen LogP) is 2.82. The van der Waals surface area contributed by atoms with Crippen LogP contribution in [0.25, 0.3) is 11.5 Å². The van der Waals surface area contributed by atoms with Crippen LogP contribution in [0.5, 0.6) is 0 Å². The number of oxazole rings is 1. The number of carbonyl (C=O) groups excluding carboxylic acids is 1. The van der Waals surface area contributed by atoms with E-state index in [1.165, 1.54) is 12.1 Å². The van der Waals surface area contributed by atoms with Gasteiger partial charge in [0, 0.05) is 5.56 Å². The smallest absolute Gasteiger partial charge is 0.431 e. The van der Waals surface area contributed by atoms with Crippen LogP contribution in [-0.2, 0) is 11.0 Å². The van der Waals surface area contributed by atoms with Crippen LogP contribution in [0, 0.1) is 0 Å². The molecule has 17 heavy (non-hydrogen) atoms. The van der Waals surface area contributed by atoms with Crippen LogP contribution in [-0.4, -0.2) is 11.3 Å². The molecule has 1 aromatic heterocycles. The summed E-state index contributed by atoms with van der Waals surface area (Å²) in [6.07, 6.45) is -3.64. The van der Waals surface area contributed by atoms with E-state index in [1.54, 1.807) is 18.2 Å². The Morgan fingerprint density at radius 2 is 1.82 bits per heavy atom. The summed E-state index contributed by atoms with van der Waals surface area (Å²) in [5.41, 5.74) is -0.504. The third-order valence-electron chi connectivity index (χ3n) is 2.00. The quantitative estimate of drug-likeness (QED) is 0.810. The highest BCUT2D eigenvalue weighted by molar-refractivity contribution is 5.75. The van der Waals surface area contributed by atoms with E-state index in [1.807, 2.05) is 0 Å². The minimum Gasteiger partial charge on any atom is -0.431 e. The number of hydrogen-bond donors (Lipinski definition) is 0. The van der Waals surface area contributed by atoms with Crippen molar-refractivity contribution in [3.8, 4) is 11.5 Å². The first-order valence-corrected chi connectivity index (χ1v) is 4.54. The maximum atomic E-state index is 12.5. The van der Waals surface area contributed by atoms with Gasteiger partial charge in [0.25, 0.3) is 6.29 Å². The summed E-state index contributed by atoms with van der Waals surface area (Å²) in [6.45, 7) is 0. The zero-order valence-electron chi connectivity index (χ0n) is 8.28. The molecule has 6 heteroatoms. The maximum absolute atomic E-state index is 12.5. The van der Waals surface area contributed by atoms with Gasteiger partial charge < -0.3 is 4.42 Å². The van der Waals surface area contributed by atoms with Crippen molar-refractivity contribution in [1.82, 2.24) is 4.98 Å². The summed E-state index contributed by atoms with van der Waals surface area (Å²) in [7, 11) is 0. The lowest BCUT2D eigenvalue weighted by atomic mass is 10.2. The number of hydrogen-bond acceptors (Lipinski definition) is 3. The monoisotopic (exact) mass is 240 g/mol. The zero-order valence-corrected chi connectivity index (χ0v) is 8.28. The van der Waals surface area contributed by atoms with Gasteiger partial charge in [-0.1, -0.05) is 18.2 Å². The molecule has 0 aliphatic carbocycles. The number of rotatable bonds is 2. The molecule has 0 bridgehead atoms. The SMILES string of the molecule is O=[C]c1nc(-c2ccccc2)oc1C(F)(F)F. The topological polar surface area (TPSA) is 43.1 Å². The molecule has 0 amide bonds. The van der Waals surface area contributed by atoms with Crippen molar-refractivity contribution in [1.29, 1.82) is 0 Å². The number of halogens is 3. The summed E-state index contributed by atoms with van der Waals surface area (Å²) in [6, 6.07) is 8.00. The van der Waals surface area contributed by atoms with Gasteiger partial charge in [0.15, 0.2) is 5.69 Å². The molecular weight excluding hydrogens is 235 g/mol. The number of alkyl halides is 3. The minimum absolute atomic E-state index is 0.253. The average Bonchev–Trinajstić information content (AvgIpc) is 2.74. The third kappa shape index (κ3) is 2.20. The summed E-state index contributed by atoms with van der Waals surface area (Å²) >= 11 is 0. The van der Waals surface area contributed by atoms with Crippen molar-refractivity contribution >= 4 is 6.29 Å². The van der Waals surface area contributed by atoms with Crippen molar-refractivity contribution in [2.75, 3.05) is 0 Å². The zero-order chi connectivity index (χ0) is 12.5. The number of aromatic nitrogens is 1. The molecule has 0 saturated carbocycles. The predicted molar refractivity (Wildman–Crippen MR) is 51.7 cm³/mol. The van der Waals surface area contributed by atoms with E-state index in [9.17, 15) is 18.0 Å². The molecule has 1 radical (unpaired) electrons. The van der Waals surface area contributed by atoms with Crippen molar-refractivity contribution in [3.05, 3.63) is 41.8 Å². The van der Waals surface area contributed by atoms with Crippen molar-refractivity contribution < 1.29 is 22.4 Å². The molecule has 2 aromatic rings. The Balaban J connectivity index is 2.53. The van der Waals surface area contributed by atoms with Gasteiger partial charge in [-0.15, -0.1) is 0 Å². The van der Waals surface area contributed by atoms with Crippen LogP contribution in [0.1, 0.15) is 11.5 Å². The Morgan fingerprint density at radius 3 is 2.29 bits per heavy atom. The van der Waals surface area contributed by atoms with Gasteiger partial charge in [0.05, 0.1) is 0 Å². The van der Waals surface area contributed by atoms with Gasteiger partial charge >= 0.3 is 6.18 Å². The van der Waals surface area contributed by atoms with E-state index in [0.717, 1.165) is 6.29 Å². The van der Waals surface area contributed by atoms with Crippen LogP contribution in [0.3, 0.4) is 0 Å². The molecule has 1 heterocycles. The maximum Gasteiger partial charge on any atom is 0.452 e. The van der Waals surface area contributed by atoms with E-state index in [4.69, 9.17) is 0 Å². The normalized spacial score (nSPS) is 11.5. The fourth-order valence-electron chi connectivity index (χ4n) is 1.29. The molecule has 0 saturated heterocycles. The van der Waals surface area contributed by atoms with E-state index in [2.05, 4.69) is 9.40 Å². The first kappa shape index (κ1) is 11.4. The molecule has 0 spiro atoms. The summed E-state index contributed by atoms with van der Waals surface area (Å²) in [5, 5.41) is 0. The van der Waals surface area contributed by atoms with Crippen LogP contribution >= 0.6 is 0 Å². The van der Waals surface area contributed by atoms with E-state index in [0.29, 0.717) is 5.56 Å². The van der Waals surface area contributed by atoms with E-state index in [-0.39, 0.29) is 5.89 Å². The molecule has 0 atom stereocenters. The molecule has 3 nitrogen and oxygen atoms in total. The van der Waals surface area contributed by atoms with Crippen molar-refractivity contribution in [3.63, 3.8) is 0 Å². The molecule has 1 aromatic carbocycles. The third-order valence-corrected chi connectivity index (χ3v) is 2.00. The Hall–Kier alpha value is -2.11. The molecule has 0 aliphatic heterocycles. The lowest BCUT2D eigenvalue weighted by Crippen LogP contribution is -2.06. The second kappa shape index (κ2) is 4.04. The summed E-state index contributed by atoms with van der Waals surface area (Å²) < 4.78 is 41.9. The molecule has 87 valence electrons. The van der Waals surface area contributed by atoms with Crippen molar-refractivity contribution in [2.24, 2.45) is 0 Å². The van der Waals surface area contributed by atoms with Gasteiger partial charge in [-0.05, 0) is 12.1 Å². The van der Waals surface area contributed by atoms with Crippen LogP contribution in [0.2, 0.25) is 0 Å². The van der Waals surface area contributed by atoms with Gasteiger partial charge in [-0.3, -0.25) is 4.79 Å². The van der Waals surface area contributed by atoms with Gasteiger partial charge in [0.2, 0.25) is 11.7 Å². The standard InChI is InChI=1S/C11H5F3NO2/c12-11(13,14)9-8(6-16)15-10(17-9)7-4-2-1-3-5-7/h1-5H. The highest BCUT2D eigenvalue weighted by atomic mass is 19.4. The average molecular weight is 240 g/mol. The second-order valence-electron chi connectivity index (χ2n) is 3.16. The number of nitrogens with zero attached hydrogens (tertiary/aromatic N) is 1. The van der Waals surface area contributed by atoms with Gasteiger partial charge in [0.1, 0.15) is 0 Å². The van der Waals surface area contributed by atoms with Crippen LogP contribution < -0.4 is 0 Å². The van der Waals surface area contributed by atoms with E-state index < -0.39 is 17.6 Å². The minimum atomic E-state index is -4.76. The Morgan fingerprint density at radius 1 is 1.18 bits per heavy atom. The van der Waals surface area contributed by atoms with Crippen LogP contribution in [0.15, 0.2) is 34.7 Å². The second-order valence-corrected chi connectivity index (χ2v) is 3.16. The molecule has 0 N–H and O–H groups in total. The van der Waals surface area contributed by atoms with E-state index >= 15 is 0 Å². The fourth-order valence-corrected chi connectivity index (χ4v) is 1.29. The first-order chi connectivity index (χ1) is 8.02. The summed E-state index contributed by atoms with van der Waals surface area (Å²) in [4.78, 5) is 13.8. The molecule has 0 aliphatic rings. The highest BCUT2D eigenvalue weighted by Gasteiger charge is 2.39. The molecular formula is C11H5F3NO2. The molecule has 0 fully saturated rings. The molecule has 2 rings (SSSR count). The Labute approximate surface area is 93.9 Å².